The Morgan fingerprint density at radius 1 is 1.18 bits per heavy atom. The molecule has 2 atom stereocenters. The number of hydrogen-bond acceptors (Lipinski definition) is 3. The average molecular weight is 240 g/mol. The number of nitrogens with zero attached hydrogens (tertiary/aromatic N) is 2. The molecule has 2 rings (SSSR count). The maximum absolute atomic E-state index is 9.88. The van der Waals surface area contributed by atoms with E-state index in [1.54, 1.807) is 0 Å². The van der Waals surface area contributed by atoms with E-state index in [4.69, 9.17) is 0 Å². The predicted octanol–water partition coefficient (Wildman–Crippen LogP) is 1.56. The Hall–Kier alpha value is -0.120. The van der Waals surface area contributed by atoms with Gasteiger partial charge in [0, 0.05) is 12.6 Å². The quantitative estimate of drug-likeness (QED) is 0.808. The molecule has 1 N–H and O–H groups in total. The van der Waals surface area contributed by atoms with Crippen molar-refractivity contribution < 1.29 is 5.11 Å². The van der Waals surface area contributed by atoms with Crippen LogP contribution in [0.2, 0.25) is 0 Å². The molecule has 1 saturated heterocycles. The lowest BCUT2D eigenvalue weighted by molar-refractivity contribution is 0.0758. The first-order chi connectivity index (χ1) is 8.20. The summed E-state index contributed by atoms with van der Waals surface area (Å²) in [6.45, 7) is 7.03. The molecule has 0 amide bonds. The highest BCUT2D eigenvalue weighted by Crippen LogP contribution is 2.27. The number of piperidine rings is 1. The molecule has 2 unspecified atom stereocenters. The van der Waals surface area contributed by atoms with E-state index < -0.39 is 0 Å². The Morgan fingerprint density at radius 3 is 2.41 bits per heavy atom. The van der Waals surface area contributed by atoms with Crippen LogP contribution in [0, 0.1) is 5.92 Å². The van der Waals surface area contributed by atoms with Crippen LogP contribution in [0.25, 0.3) is 0 Å². The zero-order valence-corrected chi connectivity index (χ0v) is 11.4. The second-order valence-corrected chi connectivity index (χ2v) is 5.86. The van der Waals surface area contributed by atoms with E-state index in [-0.39, 0.29) is 6.10 Å². The Morgan fingerprint density at radius 2 is 1.88 bits per heavy atom. The Kier molecular flexibility index (Phi) is 4.83. The lowest BCUT2D eigenvalue weighted by atomic mass is 10.00. The van der Waals surface area contributed by atoms with E-state index in [1.807, 2.05) is 0 Å². The maximum Gasteiger partial charge on any atom is 0.0580 e. The topological polar surface area (TPSA) is 26.7 Å². The highest BCUT2D eigenvalue weighted by Gasteiger charge is 2.29. The molecule has 0 aromatic rings. The van der Waals surface area contributed by atoms with E-state index >= 15 is 0 Å². The molecular formula is C14H28N2O. The normalized spacial score (nSPS) is 32.5. The van der Waals surface area contributed by atoms with E-state index in [0.29, 0.717) is 5.92 Å². The van der Waals surface area contributed by atoms with Gasteiger partial charge in [-0.2, -0.15) is 0 Å². The van der Waals surface area contributed by atoms with E-state index in [0.717, 1.165) is 19.0 Å². The van der Waals surface area contributed by atoms with Crippen molar-refractivity contribution >= 4 is 0 Å². The third-order valence-electron chi connectivity index (χ3n) is 4.77. The minimum Gasteiger partial charge on any atom is -0.393 e. The summed E-state index contributed by atoms with van der Waals surface area (Å²) in [5, 5.41) is 9.88. The maximum atomic E-state index is 9.88. The van der Waals surface area contributed by atoms with Crippen LogP contribution in [-0.2, 0) is 0 Å². The van der Waals surface area contributed by atoms with Gasteiger partial charge in [0.15, 0.2) is 0 Å². The first kappa shape index (κ1) is 13.3. The molecule has 1 aliphatic heterocycles. The number of aliphatic hydroxyl groups excluding tert-OH is 1. The summed E-state index contributed by atoms with van der Waals surface area (Å²) in [5.74, 6) is 0.532. The van der Waals surface area contributed by atoms with Gasteiger partial charge in [-0.3, -0.25) is 0 Å². The van der Waals surface area contributed by atoms with Gasteiger partial charge in [-0.15, -0.1) is 0 Å². The monoisotopic (exact) mass is 240 g/mol. The zero-order valence-electron chi connectivity index (χ0n) is 11.4. The van der Waals surface area contributed by atoms with Gasteiger partial charge in [0.05, 0.1) is 6.10 Å². The van der Waals surface area contributed by atoms with Crippen molar-refractivity contribution in [3.8, 4) is 0 Å². The molecule has 3 nitrogen and oxygen atoms in total. The average Bonchev–Trinajstić information content (AvgIpc) is 2.75. The molecule has 2 aliphatic rings. The molecule has 0 aromatic carbocycles. The van der Waals surface area contributed by atoms with Gasteiger partial charge in [0.1, 0.15) is 0 Å². The van der Waals surface area contributed by atoms with Gasteiger partial charge in [0.25, 0.3) is 0 Å². The molecular weight excluding hydrogens is 212 g/mol. The number of likely N-dealkylation sites (tertiary alicyclic amines) is 1. The van der Waals surface area contributed by atoms with Gasteiger partial charge in [-0.05, 0) is 58.3 Å². The highest BCUT2D eigenvalue weighted by molar-refractivity contribution is 4.83. The SMILES string of the molecule is CCN1CCC(N(C)CC2CCCC2O)CC1. The van der Waals surface area contributed by atoms with E-state index in [9.17, 15) is 5.11 Å². The molecule has 3 heteroatoms. The molecule has 0 bridgehead atoms. The Labute approximate surface area is 106 Å². The second kappa shape index (κ2) is 6.17. The van der Waals surface area contributed by atoms with Crippen molar-refractivity contribution in [2.75, 3.05) is 33.2 Å². The van der Waals surface area contributed by atoms with Crippen LogP contribution < -0.4 is 0 Å². The van der Waals surface area contributed by atoms with Gasteiger partial charge >= 0.3 is 0 Å². The Bertz CT molecular complexity index is 226. The fourth-order valence-electron chi connectivity index (χ4n) is 3.43. The first-order valence-electron chi connectivity index (χ1n) is 7.31. The fourth-order valence-corrected chi connectivity index (χ4v) is 3.43. The molecule has 2 fully saturated rings. The molecule has 0 spiro atoms. The molecule has 0 radical (unpaired) electrons. The first-order valence-corrected chi connectivity index (χ1v) is 7.31. The zero-order chi connectivity index (χ0) is 12.3. The molecule has 1 saturated carbocycles. The smallest absolute Gasteiger partial charge is 0.0580 e. The molecule has 100 valence electrons. The van der Waals surface area contributed by atoms with Gasteiger partial charge < -0.3 is 14.9 Å². The minimum atomic E-state index is -0.0341. The lowest BCUT2D eigenvalue weighted by Crippen LogP contribution is -2.45. The summed E-state index contributed by atoms with van der Waals surface area (Å²) in [6, 6.07) is 0.741. The van der Waals surface area contributed by atoms with Crippen molar-refractivity contribution in [1.29, 1.82) is 0 Å². The Balaban J connectivity index is 1.74. The van der Waals surface area contributed by atoms with Crippen LogP contribution in [0.5, 0.6) is 0 Å². The summed E-state index contributed by atoms with van der Waals surface area (Å²) in [5.41, 5.74) is 0. The van der Waals surface area contributed by atoms with Crippen molar-refractivity contribution in [2.45, 2.75) is 51.2 Å². The van der Waals surface area contributed by atoms with Gasteiger partial charge in [-0.1, -0.05) is 13.3 Å². The predicted molar refractivity (Wildman–Crippen MR) is 71.1 cm³/mol. The van der Waals surface area contributed by atoms with Gasteiger partial charge in [0.2, 0.25) is 0 Å². The highest BCUT2D eigenvalue weighted by atomic mass is 16.3. The van der Waals surface area contributed by atoms with E-state index in [2.05, 4.69) is 23.8 Å². The largest absolute Gasteiger partial charge is 0.393 e. The standard InChI is InChI=1S/C14H28N2O/c1-3-16-9-7-13(8-10-16)15(2)11-12-5-4-6-14(12)17/h12-14,17H,3-11H2,1-2H3. The van der Waals surface area contributed by atoms with Crippen LogP contribution in [-0.4, -0.2) is 60.3 Å². The van der Waals surface area contributed by atoms with Crippen molar-refractivity contribution in [3.63, 3.8) is 0 Å². The summed E-state index contributed by atoms with van der Waals surface area (Å²) < 4.78 is 0. The van der Waals surface area contributed by atoms with Crippen molar-refractivity contribution in [1.82, 2.24) is 9.80 Å². The van der Waals surface area contributed by atoms with Crippen LogP contribution in [0.1, 0.15) is 39.0 Å². The van der Waals surface area contributed by atoms with Crippen LogP contribution in [0.15, 0.2) is 0 Å². The molecule has 1 heterocycles. The molecule has 17 heavy (non-hydrogen) atoms. The number of hydrogen-bond donors (Lipinski definition) is 1. The molecule has 1 aliphatic carbocycles. The third-order valence-corrected chi connectivity index (χ3v) is 4.77. The van der Waals surface area contributed by atoms with Crippen LogP contribution in [0.3, 0.4) is 0 Å². The van der Waals surface area contributed by atoms with Crippen LogP contribution in [0.4, 0.5) is 0 Å². The summed E-state index contributed by atoms with van der Waals surface area (Å²) in [6.07, 6.45) is 6.02. The molecule has 0 aromatic heterocycles. The summed E-state index contributed by atoms with van der Waals surface area (Å²) in [7, 11) is 2.25. The number of rotatable bonds is 4. The third kappa shape index (κ3) is 3.43. The van der Waals surface area contributed by atoms with Crippen molar-refractivity contribution in [3.05, 3.63) is 0 Å². The minimum absolute atomic E-state index is 0.0341. The summed E-state index contributed by atoms with van der Waals surface area (Å²) >= 11 is 0. The lowest BCUT2D eigenvalue weighted by Gasteiger charge is -2.37. The second-order valence-electron chi connectivity index (χ2n) is 5.86. The van der Waals surface area contributed by atoms with Crippen molar-refractivity contribution in [2.24, 2.45) is 5.92 Å². The van der Waals surface area contributed by atoms with Gasteiger partial charge in [-0.25, -0.2) is 0 Å². The van der Waals surface area contributed by atoms with E-state index in [1.165, 1.54) is 45.3 Å². The summed E-state index contributed by atoms with van der Waals surface area (Å²) in [4.78, 5) is 5.04. The number of aliphatic hydroxyl groups is 1. The fraction of sp³-hybridized carbons (Fsp3) is 1.00. The van der Waals surface area contributed by atoms with Crippen LogP contribution >= 0.6 is 0 Å².